The van der Waals surface area contributed by atoms with E-state index in [0.717, 1.165) is 24.3 Å². The van der Waals surface area contributed by atoms with Crippen molar-refractivity contribution in [1.82, 2.24) is 5.32 Å². The summed E-state index contributed by atoms with van der Waals surface area (Å²) >= 11 is 0. The first-order chi connectivity index (χ1) is 12.3. The molecule has 1 aliphatic heterocycles. The van der Waals surface area contributed by atoms with E-state index in [1.807, 2.05) is 12.1 Å². The Morgan fingerprint density at radius 3 is 2.56 bits per heavy atom. The van der Waals surface area contributed by atoms with Gasteiger partial charge in [0.2, 0.25) is 0 Å². The lowest BCUT2D eigenvalue weighted by atomic mass is 9.91. The number of benzene rings is 3. The summed E-state index contributed by atoms with van der Waals surface area (Å²) in [6, 6.07) is 21.2. The van der Waals surface area contributed by atoms with Crippen LogP contribution in [0, 0.1) is 0 Å². The van der Waals surface area contributed by atoms with E-state index < -0.39 is 0 Å². The molecule has 4 rings (SSSR count). The van der Waals surface area contributed by atoms with Gasteiger partial charge in [-0.15, -0.1) is 0 Å². The van der Waals surface area contributed by atoms with E-state index in [1.54, 1.807) is 7.11 Å². The molecule has 3 aromatic carbocycles. The van der Waals surface area contributed by atoms with Crippen molar-refractivity contribution in [2.45, 2.75) is 32.0 Å². The Labute approximate surface area is 148 Å². The van der Waals surface area contributed by atoms with Gasteiger partial charge < -0.3 is 9.47 Å². The van der Waals surface area contributed by atoms with E-state index in [-0.39, 0.29) is 12.3 Å². The molecule has 0 spiro atoms. The average Bonchev–Trinajstić information content (AvgIpc) is 2.67. The first kappa shape index (κ1) is 16.0. The van der Waals surface area contributed by atoms with Crippen LogP contribution in [0.15, 0.2) is 60.7 Å². The average molecular weight is 333 g/mol. The highest BCUT2D eigenvalue weighted by Crippen LogP contribution is 2.40. The van der Waals surface area contributed by atoms with Gasteiger partial charge in [0.25, 0.3) is 0 Å². The van der Waals surface area contributed by atoms with Gasteiger partial charge in [0.15, 0.2) is 6.23 Å². The molecule has 0 bridgehead atoms. The molecule has 0 saturated carbocycles. The van der Waals surface area contributed by atoms with Crippen molar-refractivity contribution in [3.8, 4) is 11.5 Å². The van der Waals surface area contributed by atoms with Gasteiger partial charge in [-0.25, -0.2) is 0 Å². The second-order valence-corrected chi connectivity index (χ2v) is 6.47. The van der Waals surface area contributed by atoms with Crippen molar-refractivity contribution >= 4 is 10.8 Å². The molecule has 3 aromatic rings. The Kier molecular flexibility index (Phi) is 4.33. The predicted molar refractivity (Wildman–Crippen MR) is 101 cm³/mol. The molecule has 1 N–H and O–H groups in total. The molecular weight excluding hydrogens is 310 g/mol. The molecule has 0 amide bonds. The van der Waals surface area contributed by atoms with Gasteiger partial charge in [-0.05, 0) is 41.0 Å². The third-order valence-electron chi connectivity index (χ3n) is 4.84. The summed E-state index contributed by atoms with van der Waals surface area (Å²) in [4.78, 5) is 0. The number of rotatable bonds is 4. The standard InChI is InChI=1S/C22H23NO2/c1-3-6-20-23-22(16-9-12-17(24-2)13-10-16)21-18-8-5-4-7-15(18)11-14-19(21)25-20/h4-5,7-14,20,22-23H,3,6H2,1-2H3/t20-,22+/m1/s1. The number of hydrogen-bond donors (Lipinski definition) is 1. The molecule has 2 atom stereocenters. The lowest BCUT2D eigenvalue weighted by Crippen LogP contribution is -2.41. The fraction of sp³-hybridized carbons (Fsp3) is 0.273. The molecule has 0 saturated heterocycles. The lowest BCUT2D eigenvalue weighted by Gasteiger charge is -2.35. The van der Waals surface area contributed by atoms with Gasteiger partial charge in [0.1, 0.15) is 11.5 Å². The third kappa shape index (κ3) is 2.96. The predicted octanol–water partition coefficient (Wildman–Crippen LogP) is 5.05. The summed E-state index contributed by atoms with van der Waals surface area (Å²) < 4.78 is 11.6. The van der Waals surface area contributed by atoms with Gasteiger partial charge in [0, 0.05) is 5.56 Å². The Hall–Kier alpha value is -2.52. The number of fused-ring (bicyclic) bond motifs is 3. The second kappa shape index (κ2) is 6.77. The Balaban J connectivity index is 1.85. The molecule has 3 heteroatoms. The van der Waals surface area contributed by atoms with Gasteiger partial charge in [-0.3, -0.25) is 5.32 Å². The topological polar surface area (TPSA) is 30.5 Å². The summed E-state index contributed by atoms with van der Waals surface area (Å²) in [6.45, 7) is 2.18. The molecule has 0 fully saturated rings. The van der Waals surface area contributed by atoms with Crippen LogP contribution >= 0.6 is 0 Å². The zero-order valence-corrected chi connectivity index (χ0v) is 14.7. The summed E-state index contributed by atoms with van der Waals surface area (Å²) in [6.07, 6.45) is 2.10. The third-order valence-corrected chi connectivity index (χ3v) is 4.84. The van der Waals surface area contributed by atoms with E-state index in [0.29, 0.717) is 0 Å². The van der Waals surface area contributed by atoms with E-state index in [4.69, 9.17) is 9.47 Å². The minimum Gasteiger partial charge on any atom is -0.497 e. The molecule has 128 valence electrons. The Bertz CT molecular complexity index is 873. The highest BCUT2D eigenvalue weighted by Gasteiger charge is 2.29. The maximum atomic E-state index is 6.24. The van der Waals surface area contributed by atoms with Crippen LogP contribution in [-0.2, 0) is 0 Å². The van der Waals surface area contributed by atoms with Crippen LogP contribution in [0.3, 0.4) is 0 Å². The molecule has 3 nitrogen and oxygen atoms in total. The lowest BCUT2D eigenvalue weighted by molar-refractivity contribution is 0.122. The van der Waals surface area contributed by atoms with Gasteiger partial charge in [-0.2, -0.15) is 0 Å². The minimum atomic E-state index is 0.0331. The number of ether oxygens (including phenoxy) is 2. The van der Waals surface area contributed by atoms with Crippen LogP contribution in [0.1, 0.15) is 36.9 Å². The largest absolute Gasteiger partial charge is 0.497 e. The summed E-state index contributed by atoms with van der Waals surface area (Å²) in [5, 5.41) is 6.17. The van der Waals surface area contributed by atoms with Crippen molar-refractivity contribution in [2.24, 2.45) is 0 Å². The zero-order valence-electron chi connectivity index (χ0n) is 14.7. The van der Waals surface area contributed by atoms with Crippen molar-refractivity contribution < 1.29 is 9.47 Å². The highest BCUT2D eigenvalue weighted by atomic mass is 16.5. The van der Waals surface area contributed by atoms with E-state index >= 15 is 0 Å². The van der Waals surface area contributed by atoms with Gasteiger partial charge in [-0.1, -0.05) is 55.8 Å². The van der Waals surface area contributed by atoms with Gasteiger partial charge >= 0.3 is 0 Å². The van der Waals surface area contributed by atoms with Gasteiger partial charge in [0.05, 0.1) is 13.2 Å². The molecule has 1 heterocycles. The van der Waals surface area contributed by atoms with Crippen molar-refractivity contribution in [3.63, 3.8) is 0 Å². The fourth-order valence-electron chi connectivity index (χ4n) is 3.60. The molecule has 1 aliphatic rings. The van der Waals surface area contributed by atoms with Crippen molar-refractivity contribution in [3.05, 3.63) is 71.8 Å². The van der Waals surface area contributed by atoms with E-state index in [1.165, 1.54) is 21.9 Å². The van der Waals surface area contributed by atoms with Crippen LogP contribution in [0.2, 0.25) is 0 Å². The van der Waals surface area contributed by atoms with Crippen molar-refractivity contribution in [1.29, 1.82) is 0 Å². The maximum Gasteiger partial charge on any atom is 0.150 e. The Morgan fingerprint density at radius 1 is 1.00 bits per heavy atom. The summed E-state index contributed by atoms with van der Waals surface area (Å²) in [5.74, 6) is 1.86. The van der Waals surface area contributed by atoms with Crippen molar-refractivity contribution in [2.75, 3.05) is 7.11 Å². The monoisotopic (exact) mass is 333 g/mol. The van der Waals surface area contributed by atoms with E-state index in [2.05, 4.69) is 60.8 Å². The minimum absolute atomic E-state index is 0.0331. The second-order valence-electron chi connectivity index (χ2n) is 6.47. The molecule has 0 aromatic heterocycles. The number of methoxy groups -OCH3 is 1. The quantitative estimate of drug-likeness (QED) is 0.725. The molecule has 25 heavy (non-hydrogen) atoms. The first-order valence-electron chi connectivity index (χ1n) is 8.88. The smallest absolute Gasteiger partial charge is 0.150 e. The normalized spacial score (nSPS) is 19.3. The number of nitrogens with one attached hydrogen (secondary N) is 1. The molecule has 0 radical (unpaired) electrons. The summed E-state index contributed by atoms with van der Waals surface area (Å²) in [5.41, 5.74) is 2.44. The van der Waals surface area contributed by atoms with Crippen LogP contribution in [-0.4, -0.2) is 13.3 Å². The highest BCUT2D eigenvalue weighted by molar-refractivity contribution is 5.89. The zero-order chi connectivity index (χ0) is 17.2. The van der Waals surface area contributed by atoms with Crippen LogP contribution in [0.5, 0.6) is 11.5 Å². The van der Waals surface area contributed by atoms with Crippen LogP contribution in [0.4, 0.5) is 0 Å². The molecule has 0 unspecified atom stereocenters. The first-order valence-corrected chi connectivity index (χ1v) is 8.88. The molecular formula is C22H23NO2. The summed E-state index contributed by atoms with van der Waals surface area (Å²) in [7, 11) is 1.70. The maximum absolute atomic E-state index is 6.24. The Morgan fingerprint density at radius 2 is 1.80 bits per heavy atom. The SMILES string of the molecule is CCC[C@@H]1N[C@@H](c2ccc(OC)cc2)c2c(ccc3ccccc23)O1. The fourth-order valence-corrected chi connectivity index (χ4v) is 3.60. The van der Waals surface area contributed by atoms with E-state index in [9.17, 15) is 0 Å². The number of hydrogen-bond acceptors (Lipinski definition) is 3. The molecule has 0 aliphatic carbocycles. The van der Waals surface area contributed by atoms with Crippen LogP contribution in [0.25, 0.3) is 10.8 Å². The van der Waals surface area contributed by atoms with Crippen LogP contribution < -0.4 is 14.8 Å².